The van der Waals surface area contributed by atoms with Gasteiger partial charge in [-0.3, -0.25) is 4.79 Å². The molecule has 1 aromatic rings. The highest BCUT2D eigenvalue weighted by molar-refractivity contribution is 5.70. The van der Waals surface area contributed by atoms with Crippen LogP contribution >= 0.6 is 0 Å². The Morgan fingerprint density at radius 1 is 1.56 bits per heavy atom. The van der Waals surface area contributed by atoms with Crippen LogP contribution in [0, 0.1) is 5.92 Å². The van der Waals surface area contributed by atoms with Gasteiger partial charge in [-0.15, -0.1) is 0 Å². The number of nitrogens with zero attached hydrogens (tertiary/aromatic N) is 2. The van der Waals surface area contributed by atoms with Crippen molar-refractivity contribution in [1.29, 1.82) is 0 Å². The van der Waals surface area contributed by atoms with Crippen LogP contribution in [0.25, 0.3) is 0 Å². The predicted molar refractivity (Wildman–Crippen MR) is 60.4 cm³/mol. The topological polar surface area (TPSA) is 55.1 Å². The van der Waals surface area contributed by atoms with Gasteiger partial charge in [0.25, 0.3) is 0 Å². The monoisotopic (exact) mass is 222 g/mol. The van der Waals surface area contributed by atoms with Crippen LogP contribution in [0.4, 0.5) is 0 Å². The Balaban J connectivity index is 2.27. The van der Waals surface area contributed by atoms with Crippen molar-refractivity contribution in [3.8, 4) is 0 Å². The van der Waals surface area contributed by atoms with Gasteiger partial charge in [0, 0.05) is 24.6 Å². The highest BCUT2D eigenvalue weighted by atomic mass is 16.4. The van der Waals surface area contributed by atoms with Gasteiger partial charge in [-0.25, -0.2) is 4.98 Å². The van der Waals surface area contributed by atoms with Gasteiger partial charge in [0.15, 0.2) is 0 Å². The maximum atomic E-state index is 10.9. The van der Waals surface area contributed by atoms with Crippen LogP contribution in [-0.4, -0.2) is 20.6 Å². The zero-order valence-corrected chi connectivity index (χ0v) is 10.0. The number of rotatable bonds is 1. The van der Waals surface area contributed by atoms with E-state index in [1.165, 1.54) is 0 Å². The number of hydrogen-bond acceptors (Lipinski definition) is 2. The number of aryl methyl sites for hydroxylation is 1. The highest BCUT2D eigenvalue weighted by Crippen LogP contribution is 2.26. The molecule has 0 saturated heterocycles. The smallest absolute Gasteiger partial charge is 0.307 e. The first-order valence-corrected chi connectivity index (χ1v) is 5.67. The molecule has 4 heteroatoms. The van der Waals surface area contributed by atoms with Crippen LogP contribution in [0.1, 0.15) is 38.7 Å². The van der Waals surface area contributed by atoms with Gasteiger partial charge >= 0.3 is 5.97 Å². The first-order chi connectivity index (χ1) is 7.38. The average Bonchev–Trinajstić information content (AvgIpc) is 2.58. The summed E-state index contributed by atoms with van der Waals surface area (Å²) in [6.07, 6.45) is 3.33. The molecule has 1 aliphatic heterocycles. The van der Waals surface area contributed by atoms with E-state index in [-0.39, 0.29) is 11.3 Å². The fourth-order valence-corrected chi connectivity index (χ4v) is 2.00. The van der Waals surface area contributed by atoms with E-state index in [2.05, 4.69) is 36.5 Å². The summed E-state index contributed by atoms with van der Waals surface area (Å²) in [6.45, 7) is 7.14. The van der Waals surface area contributed by atoms with Crippen LogP contribution in [0.15, 0.2) is 6.20 Å². The van der Waals surface area contributed by atoms with Crippen molar-refractivity contribution in [1.82, 2.24) is 9.55 Å². The minimum Gasteiger partial charge on any atom is -0.481 e. The lowest BCUT2D eigenvalue weighted by atomic mass is 9.93. The molecule has 2 rings (SSSR count). The number of hydrogen-bond donors (Lipinski definition) is 1. The summed E-state index contributed by atoms with van der Waals surface area (Å²) in [4.78, 5) is 15.5. The summed E-state index contributed by atoms with van der Waals surface area (Å²) >= 11 is 0. The van der Waals surface area contributed by atoms with Gasteiger partial charge in [-0.2, -0.15) is 0 Å². The van der Waals surface area contributed by atoms with Crippen LogP contribution in [0.3, 0.4) is 0 Å². The zero-order valence-electron chi connectivity index (χ0n) is 10.0. The number of carboxylic acids is 1. The van der Waals surface area contributed by atoms with E-state index in [4.69, 9.17) is 5.11 Å². The Kier molecular flexibility index (Phi) is 2.52. The molecule has 0 aromatic carbocycles. The maximum Gasteiger partial charge on any atom is 0.307 e. The lowest BCUT2D eigenvalue weighted by Crippen LogP contribution is -2.25. The Hall–Kier alpha value is -1.32. The second kappa shape index (κ2) is 3.61. The maximum absolute atomic E-state index is 10.9. The molecule has 0 unspecified atom stereocenters. The van der Waals surface area contributed by atoms with Crippen molar-refractivity contribution in [2.75, 3.05) is 0 Å². The van der Waals surface area contributed by atoms with Gasteiger partial charge in [-0.1, -0.05) is 20.8 Å². The summed E-state index contributed by atoms with van der Waals surface area (Å²) in [5.41, 5.74) is 1.08. The van der Waals surface area contributed by atoms with Crippen LogP contribution in [0.2, 0.25) is 0 Å². The fraction of sp³-hybridized carbons (Fsp3) is 0.667. The normalized spacial score (nSPS) is 20.6. The van der Waals surface area contributed by atoms with Crippen molar-refractivity contribution in [2.45, 2.75) is 45.6 Å². The third kappa shape index (κ3) is 1.96. The number of fused-ring (bicyclic) bond motifs is 1. The fourth-order valence-electron chi connectivity index (χ4n) is 2.00. The molecule has 0 aliphatic carbocycles. The summed E-state index contributed by atoms with van der Waals surface area (Å²) in [6, 6.07) is 0. The molecule has 1 aliphatic rings. The quantitative estimate of drug-likeness (QED) is 0.788. The molecule has 0 saturated carbocycles. The minimum atomic E-state index is -0.702. The number of imidazole rings is 1. The van der Waals surface area contributed by atoms with Gasteiger partial charge in [0.05, 0.1) is 11.6 Å². The lowest BCUT2D eigenvalue weighted by Gasteiger charge is -2.19. The number of carbonyl (C=O) groups is 1. The molecule has 0 bridgehead atoms. The number of aliphatic carboxylic acids is 1. The summed E-state index contributed by atoms with van der Waals surface area (Å²) in [5.74, 6) is -0.0437. The van der Waals surface area contributed by atoms with Crippen molar-refractivity contribution in [2.24, 2.45) is 5.92 Å². The van der Waals surface area contributed by atoms with Crippen LogP contribution < -0.4 is 0 Å². The average molecular weight is 222 g/mol. The molecule has 0 spiro atoms. The van der Waals surface area contributed by atoms with E-state index in [1.807, 2.05) is 0 Å². The second-order valence-electron chi connectivity index (χ2n) is 5.51. The molecule has 2 heterocycles. The molecule has 88 valence electrons. The molecule has 0 radical (unpaired) electrons. The lowest BCUT2D eigenvalue weighted by molar-refractivity contribution is -0.142. The molecule has 1 aromatic heterocycles. The second-order valence-corrected chi connectivity index (χ2v) is 5.51. The Morgan fingerprint density at radius 2 is 2.25 bits per heavy atom. The minimum absolute atomic E-state index is 0.0308. The highest BCUT2D eigenvalue weighted by Gasteiger charge is 2.27. The van der Waals surface area contributed by atoms with Crippen molar-refractivity contribution in [3.05, 3.63) is 17.7 Å². The number of carboxylic acid groups (broad SMARTS) is 1. The van der Waals surface area contributed by atoms with Crippen molar-refractivity contribution >= 4 is 5.97 Å². The predicted octanol–water partition coefficient (Wildman–Crippen LogP) is 1.83. The van der Waals surface area contributed by atoms with E-state index in [0.29, 0.717) is 12.8 Å². The van der Waals surface area contributed by atoms with Gasteiger partial charge in [-0.05, 0) is 6.42 Å². The molecule has 4 nitrogen and oxygen atoms in total. The Bertz CT molecular complexity index is 415. The van der Waals surface area contributed by atoms with E-state index >= 15 is 0 Å². The van der Waals surface area contributed by atoms with Crippen LogP contribution in [-0.2, 0) is 23.2 Å². The molecular formula is C12H18N2O2. The zero-order chi connectivity index (χ0) is 11.9. The van der Waals surface area contributed by atoms with Gasteiger partial charge in [0.2, 0.25) is 0 Å². The van der Waals surface area contributed by atoms with Gasteiger partial charge in [0.1, 0.15) is 5.82 Å². The molecule has 1 atom stereocenters. The van der Waals surface area contributed by atoms with E-state index in [1.54, 1.807) is 0 Å². The Labute approximate surface area is 95.3 Å². The van der Waals surface area contributed by atoms with E-state index in [0.717, 1.165) is 18.1 Å². The standard InChI is InChI=1S/C12H18N2O2/c1-12(2,3)9-7-14-5-4-8(11(15)16)6-10(14)13-9/h7-8H,4-6H2,1-3H3,(H,15,16)/t8-/m0/s1. The summed E-state index contributed by atoms with van der Waals surface area (Å²) in [7, 11) is 0. The van der Waals surface area contributed by atoms with Gasteiger partial charge < -0.3 is 9.67 Å². The Morgan fingerprint density at radius 3 is 2.81 bits per heavy atom. The molecule has 1 N–H and O–H groups in total. The number of aromatic nitrogens is 2. The summed E-state index contributed by atoms with van der Waals surface area (Å²) < 4.78 is 2.10. The summed E-state index contributed by atoms with van der Waals surface area (Å²) in [5, 5.41) is 8.99. The van der Waals surface area contributed by atoms with E-state index < -0.39 is 5.97 Å². The van der Waals surface area contributed by atoms with Crippen LogP contribution in [0.5, 0.6) is 0 Å². The SMILES string of the molecule is CC(C)(C)c1cn2c(n1)C[C@@H](C(=O)O)CC2. The van der Waals surface area contributed by atoms with E-state index in [9.17, 15) is 4.79 Å². The first-order valence-electron chi connectivity index (χ1n) is 5.67. The third-order valence-electron chi connectivity index (χ3n) is 3.12. The largest absolute Gasteiger partial charge is 0.481 e. The molecule has 0 fully saturated rings. The third-order valence-corrected chi connectivity index (χ3v) is 3.12. The molecule has 0 amide bonds. The molecule has 16 heavy (non-hydrogen) atoms. The van der Waals surface area contributed by atoms with Crippen molar-refractivity contribution in [3.63, 3.8) is 0 Å². The van der Waals surface area contributed by atoms with Crippen molar-refractivity contribution < 1.29 is 9.90 Å². The first kappa shape index (κ1) is 11.2. The molecular weight excluding hydrogens is 204 g/mol.